The van der Waals surface area contributed by atoms with Crippen LogP contribution in [-0.2, 0) is 11.3 Å². The van der Waals surface area contributed by atoms with E-state index in [0.717, 1.165) is 43.5 Å². The lowest BCUT2D eigenvalue weighted by molar-refractivity contribution is -0.128. The van der Waals surface area contributed by atoms with Crippen LogP contribution in [0.15, 0.2) is 29.3 Å². The summed E-state index contributed by atoms with van der Waals surface area (Å²) in [5.41, 5.74) is 0.936. The van der Waals surface area contributed by atoms with Crippen LogP contribution in [0.4, 0.5) is 0 Å². The number of nitrogens with zero attached hydrogens (tertiary/aromatic N) is 2. The first kappa shape index (κ1) is 26.0. The van der Waals surface area contributed by atoms with Crippen molar-refractivity contribution in [2.75, 3.05) is 33.2 Å². The second kappa shape index (κ2) is 12.6. The molecule has 0 radical (unpaired) electrons. The lowest BCUT2D eigenvalue weighted by Crippen LogP contribution is -2.49. The van der Waals surface area contributed by atoms with Crippen LogP contribution in [0.2, 0.25) is 5.02 Å². The quantitative estimate of drug-likeness (QED) is 0.226. The van der Waals surface area contributed by atoms with Gasteiger partial charge in [-0.2, -0.15) is 0 Å². The summed E-state index contributed by atoms with van der Waals surface area (Å²) in [6.07, 6.45) is 2.16. The Morgan fingerprint density at radius 2 is 1.72 bits per heavy atom. The summed E-state index contributed by atoms with van der Waals surface area (Å²) >= 11 is 5.96. The van der Waals surface area contributed by atoms with E-state index < -0.39 is 0 Å². The summed E-state index contributed by atoms with van der Waals surface area (Å²) in [6.45, 7) is 10.0. The summed E-state index contributed by atoms with van der Waals surface area (Å²) in [5, 5.41) is 10.5. The highest BCUT2D eigenvalue weighted by atomic mass is 127. The van der Waals surface area contributed by atoms with E-state index in [0.29, 0.717) is 19.1 Å². The van der Waals surface area contributed by atoms with E-state index in [4.69, 9.17) is 11.6 Å². The minimum absolute atomic E-state index is 0. The second-order valence-electron chi connectivity index (χ2n) is 8.33. The minimum Gasteiger partial charge on any atom is -0.355 e. The number of piperidine rings is 1. The molecule has 6 nitrogen and oxygen atoms in total. The molecule has 0 atom stereocenters. The van der Waals surface area contributed by atoms with E-state index in [1.165, 1.54) is 5.56 Å². The maximum Gasteiger partial charge on any atom is 0.225 e. The van der Waals surface area contributed by atoms with Crippen LogP contribution in [0.25, 0.3) is 0 Å². The van der Waals surface area contributed by atoms with Crippen LogP contribution in [0.5, 0.6) is 0 Å². The number of nitrogens with one attached hydrogen (secondary N) is 3. The average molecular weight is 536 g/mol. The predicted octanol–water partition coefficient (Wildman–Crippen LogP) is 3.25. The number of rotatable bonds is 6. The Hall–Kier alpha value is -1.06. The molecule has 0 bridgehead atoms. The Labute approximate surface area is 197 Å². The molecule has 1 aromatic rings. The zero-order chi connectivity index (χ0) is 20.6. The zero-order valence-electron chi connectivity index (χ0n) is 17.9. The predicted molar refractivity (Wildman–Crippen MR) is 132 cm³/mol. The van der Waals surface area contributed by atoms with Gasteiger partial charge in [0.25, 0.3) is 0 Å². The average Bonchev–Trinajstić information content (AvgIpc) is 2.66. The van der Waals surface area contributed by atoms with Gasteiger partial charge in [0.2, 0.25) is 5.91 Å². The van der Waals surface area contributed by atoms with E-state index in [9.17, 15) is 4.79 Å². The molecule has 1 aliphatic rings. The number of benzene rings is 1. The van der Waals surface area contributed by atoms with Gasteiger partial charge in [0, 0.05) is 56.3 Å². The highest BCUT2D eigenvalue weighted by Gasteiger charge is 2.21. The van der Waals surface area contributed by atoms with E-state index in [-0.39, 0.29) is 35.3 Å². The van der Waals surface area contributed by atoms with E-state index in [1.807, 2.05) is 32.9 Å². The van der Waals surface area contributed by atoms with E-state index in [2.05, 4.69) is 38.0 Å². The summed E-state index contributed by atoms with van der Waals surface area (Å²) < 4.78 is 0. The number of carbonyl (C=O) groups excluding carboxylic acids is 1. The molecule has 8 heteroatoms. The largest absolute Gasteiger partial charge is 0.355 e. The Bertz CT molecular complexity index is 652. The van der Waals surface area contributed by atoms with Crippen LogP contribution in [0.3, 0.4) is 0 Å². The van der Waals surface area contributed by atoms with Crippen LogP contribution in [-0.4, -0.2) is 56.0 Å². The number of carbonyl (C=O) groups is 1. The molecular weight excluding hydrogens is 501 g/mol. The standard InChI is InChI=1S/C21H34ClN5O.HI/c1-21(2,3)19(28)24-11-12-25-20(23-4)26-18-9-13-27(14-10-18)15-16-5-7-17(22)8-6-16;/h5-8,18H,9-15H2,1-4H3,(H,24,28)(H2,23,25,26);1H. The van der Waals surface area contributed by atoms with E-state index in [1.54, 1.807) is 7.05 Å². The highest BCUT2D eigenvalue weighted by Crippen LogP contribution is 2.16. The van der Waals surface area contributed by atoms with Crippen molar-refractivity contribution < 1.29 is 4.79 Å². The monoisotopic (exact) mass is 535 g/mol. The third-order valence-electron chi connectivity index (χ3n) is 4.86. The van der Waals surface area contributed by atoms with E-state index >= 15 is 0 Å². The number of hydrogen-bond acceptors (Lipinski definition) is 3. The lowest BCUT2D eigenvalue weighted by Gasteiger charge is -2.33. The number of guanidine groups is 1. The Morgan fingerprint density at radius 3 is 2.28 bits per heavy atom. The van der Waals surface area contributed by atoms with Crippen LogP contribution < -0.4 is 16.0 Å². The van der Waals surface area contributed by atoms with Crippen molar-refractivity contribution in [1.82, 2.24) is 20.9 Å². The molecule has 1 saturated heterocycles. The van der Waals surface area contributed by atoms with Gasteiger partial charge >= 0.3 is 0 Å². The molecule has 2 rings (SSSR count). The van der Waals surface area contributed by atoms with Gasteiger partial charge < -0.3 is 16.0 Å². The molecule has 0 aromatic heterocycles. The molecule has 1 fully saturated rings. The van der Waals surface area contributed by atoms with Crippen molar-refractivity contribution in [1.29, 1.82) is 0 Å². The molecule has 0 unspecified atom stereocenters. The summed E-state index contributed by atoms with van der Waals surface area (Å²) in [5.74, 6) is 0.853. The molecule has 0 aliphatic carbocycles. The normalized spacial score (nSPS) is 16.1. The number of likely N-dealkylation sites (tertiary alicyclic amines) is 1. The molecule has 1 heterocycles. The summed E-state index contributed by atoms with van der Waals surface area (Å²) in [7, 11) is 1.78. The molecule has 29 heavy (non-hydrogen) atoms. The second-order valence-corrected chi connectivity index (χ2v) is 8.76. The van der Waals surface area contributed by atoms with Crippen molar-refractivity contribution in [3.8, 4) is 0 Å². The van der Waals surface area contributed by atoms with Crippen molar-refractivity contribution in [3.63, 3.8) is 0 Å². The number of halogens is 2. The molecular formula is C21H35ClIN5O. The molecule has 0 saturated carbocycles. The van der Waals surface area contributed by atoms with Crippen molar-refractivity contribution in [3.05, 3.63) is 34.9 Å². The molecule has 1 aromatic carbocycles. The van der Waals surface area contributed by atoms with Crippen molar-refractivity contribution in [2.24, 2.45) is 10.4 Å². The van der Waals surface area contributed by atoms with Gasteiger partial charge in [-0.3, -0.25) is 14.7 Å². The first-order valence-corrected chi connectivity index (χ1v) is 10.4. The SMILES string of the molecule is CN=C(NCCNC(=O)C(C)(C)C)NC1CCN(Cc2ccc(Cl)cc2)CC1.I. The van der Waals surface area contributed by atoms with Gasteiger partial charge in [0.1, 0.15) is 0 Å². The first-order chi connectivity index (χ1) is 13.3. The molecule has 164 valence electrons. The molecule has 3 N–H and O–H groups in total. The Morgan fingerprint density at radius 1 is 1.14 bits per heavy atom. The summed E-state index contributed by atoms with van der Waals surface area (Å²) in [4.78, 5) is 18.6. The van der Waals surface area contributed by atoms with Gasteiger partial charge in [-0.1, -0.05) is 44.5 Å². The third kappa shape index (κ3) is 9.53. The highest BCUT2D eigenvalue weighted by molar-refractivity contribution is 14.0. The van der Waals surface area contributed by atoms with Gasteiger partial charge in [-0.25, -0.2) is 0 Å². The van der Waals surface area contributed by atoms with Crippen molar-refractivity contribution in [2.45, 2.75) is 46.2 Å². The minimum atomic E-state index is -0.361. The smallest absolute Gasteiger partial charge is 0.225 e. The van der Waals surface area contributed by atoms with Crippen molar-refractivity contribution >= 4 is 47.4 Å². The molecule has 1 amide bonds. The number of hydrogen-bond donors (Lipinski definition) is 3. The fraction of sp³-hybridized carbons (Fsp3) is 0.619. The first-order valence-electron chi connectivity index (χ1n) is 10.00. The fourth-order valence-corrected chi connectivity index (χ4v) is 3.22. The van der Waals surface area contributed by atoms with Crippen LogP contribution >= 0.6 is 35.6 Å². The van der Waals surface area contributed by atoms with Crippen LogP contribution in [0, 0.1) is 5.41 Å². The Balaban J connectivity index is 0.00000420. The lowest BCUT2D eigenvalue weighted by atomic mass is 9.96. The van der Waals surface area contributed by atoms with Gasteiger partial charge in [0.15, 0.2) is 5.96 Å². The number of amides is 1. The number of aliphatic imine (C=N–C) groups is 1. The maximum absolute atomic E-state index is 11.9. The van der Waals surface area contributed by atoms with Gasteiger partial charge in [0.05, 0.1) is 0 Å². The Kier molecular flexibility index (Phi) is 11.3. The maximum atomic E-state index is 11.9. The summed E-state index contributed by atoms with van der Waals surface area (Å²) in [6, 6.07) is 8.50. The topological polar surface area (TPSA) is 68.8 Å². The van der Waals surface area contributed by atoms with Gasteiger partial charge in [-0.15, -0.1) is 24.0 Å². The zero-order valence-corrected chi connectivity index (χ0v) is 21.0. The van der Waals surface area contributed by atoms with Gasteiger partial charge in [-0.05, 0) is 30.5 Å². The fourth-order valence-electron chi connectivity index (χ4n) is 3.09. The van der Waals surface area contributed by atoms with Crippen LogP contribution in [0.1, 0.15) is 39.2 Å². The molecule has 0 spiro atoms. The third-order valence-corrected chi connectivity index (χ3v) is 5.11. The molecule has 1 aliphatic heterocycles.